The molecule has 4 N–H and O–H groups in total. The lowest BCUT2D eigenvalue weighted by Crippen LogP contribution is -2.42. The van der Waals surface area contributed by atoms with Crippen LogP contribution in [-0.4, -0.2) is 56.0 Å². The first-order chi connectivity index (χ1) is 8.01. The molecule has 0 saturated carbocycles. The first-order valence-electron chi connectivity index (χ1n) is 5.95. The molecule has 0 rings (SSSR count). The molecule has 0 fully saturated rings. The SMILES string of the molecule is CCC(C)N(C)CCNC(=O)CNC(=O)CN.Cl.Cl. The quantitative estimate of drug-likeness (QED) is 0.576. The van der Waals surface area contributed by atoms with Gasteiger partial charge in [-0.1, -0.05) is 6.92 Å². The third-order valence-electron chi connectivity index (χ3n) is 2.76. The number of hydrogen-bond acceptors (Lipinski definition) is 4. The van der Waals surface area contributed by atoms with Crippen LogP contribution in [0, 0.1) is 0 Å². The van der Waals surface area contributed by atoms with Crippen molar-refractivity contribution in [1.29, 1.82) is 0 Å². The fourth-order valence-electron chi connectivity index (χ4n) is 1.22. The number of carbonyl (C=O) groups excluding carboxylic acids is 2. The largest absolute Gasteiger partial charge is 0.353 e. The van der Waals surface area contributed by atoms with Gasteiger partial charge in [-0.2, -0.15) is 0 Å². The van der Waals surface area contributed by atoms with Crippen LogP contribution in [0.15, 0.2) is 0 Å². The number of amides is 2. The molecule has 1 atom stereocenters. The zero-order valence-electron chi connectivity index (χ0n) is 11.8. The van der Waals surface area contributed by atoms with Gasteiger partial charge in [0.15, 0.2) is 0 Å². The summed E-state index contributed by atoms with van der Waals surface area (Å²) in [5.41, 5.74) is 5.10. The number of nitrogens with one attached hydrogen (secondary N) is 2. The van der Waals surface area contributed by atoms with Gasteiger partial charge in [0.25, 0.3) is 0 Å². The Balaban J connectivity index is -0.00000128. The van der Waals surface area contributed by atoms with E-state index in [1.807, 2.05) is 7.05 Å². The molecule has 19 heavy (non-hydrogen) atoms. The highest BCUT2D eigenvalue weighted by Gasteiger charge is 2.07. The topological polar surface area (TPSA) is 87.5 Å². The zero-order valence-corrected chi connectivity index (χ0v) is 13.4. The Morgan fingerprint density at radius 2 is 1.79 bits per heavy atom. The molecular weight excluding hydrogens is 291 g/mol. The summed E-state index contributed by atoms with van der Waals surface area (Å²) >= 11 is 0. The Hall–Kier alpha value is -0.560. The van der Waals surface area contributed by atoms with Crippen LogP contribution in [0.5, 0.6) is 0 Å². The molecule has 116 valence electrons. The molecule has 0 spiro atoms. The van der Waals surface area contributed by atoms with Crippen molar-refractivity contribution >= 4 is 36.6 Å². The van der Waals surface area contributed by atoms with E-state index in [0.717, 1.165) is 13.0 Å². The van der Waals surface area contributed by atoms with Crippen LogP contribution < -0.4 is 16.4 Å². The third-order valence-corrected chi connectivity index (χ3v) is 2.76. The molecule has 0 bridgehead atoms. The molecule has 1 unspecified atom stereocenters. The molecule has 0 aromatic heterocycles. The maximum atomic E-state index is 11.3. The molecule has 6 nitrogen and oxygen atoms in total. The molecule has 0 aliphatic heterocycles. The maximum Gasteiger partial charge on any atom is 0.239 e. The van der Waals surface area contributed by atoms with E-state index >= 15 is 0 Å². The molecule has 0 aliphatic carbocycles. The monoisotopic (exact) mass is 316 g/mol. The first kappa shape index (κ1) is 23.5. The smallest absolute Gasteiger partial charge is 0.239 e. The van der Waals surface area contributed by atoms with Gasteiger partial charge < -0.3 is 21.3 Å². The Morgan fingerprint density at radius 3 is 2.26 bits per heavy atom. The van der Waals surface area contributed by atoms with Crippen molar-refractivity contribution in [3.63, 3.8) is 0 Å². The Morgan fingerprint density at radius 1 is 1.21 bits per heavy atom. The minimum atomic E-state index is -0.322. The van der Waals surface area contributed by atoms with E-state index in [1.165, 1.54) is 0 Å². The van der Waals surface area contributed by atoms with E-state index in [0.29, 0.717) is 12.6 Å². The molecule has 0 aliphatic rings. The number of halogens is 2. The van der Waals surface area contributed by atoms with Crippen molar-refractivity contribution in [2.24, 2.45) is 5.73 Å². The Labute approximate surface area is 127 Å². The highest BCUT2D eigenvalue weighted by atomic mass is 35.5. The number of nitrogens with zero attached hydrogens (tertiary/aromatic N) is 1. The summed E-state index contributed by atoms with van der Waals surface area (Å²) in [7, 11) is 2.02. The van der Waals surface area contributed by atoms with E-state index in [4.69, 9.17) is 5.73 Å². The van der Waals surface area contributed by atoms with Crippen LogP contribution in [0.4, 0.5) is 0 Å². The van der Waals surface area contributed by atoms with Crippen molar-refractivity contribution in [3.05, 3.63) is 0 Å². The summed E-state index contributed by atoms with van der Waals surface area (Å²) in [6.45, 7) is 5.54. The number of likely N-dealkylation sites (N-methyl/N-ethyl adjacent to an activating group) is 1. The van der Waals surface area contributed by atoms with Gasteiger partial charge in [-0.25, -0.2) is 0 Å². The Bertz CT molecular complexity index is 255. The Kier molecular flexibility index (Phi) is 17.2. The highest BCUT2D eigenvalue weighted by molar-refractivity contribution is 5.86. The molecule has 0 aromatic rings. The molecule has 0 radical (unpaired) electrons. The molecule has 8 heteroatoms. The van der Waals surface area contributed by atoms with Gasteiger partial charge in [-0.05, 0) is 20.4 Å². The zero-order chi connectivity index (χ0) is 13.3. The highest BCUT2D eigenvalue weighted by Crippen LogP contribution is 1.97. The normalized spacial score (nSPS) is 11.0. The van der Waals surface area contributed by atoms with E-state index in [1.54, 1.807) is 0 Å². The van der Waals surface area contributed by atoms with Gasteiger partial charge >= 0.3 is 0 Å². The summed E-state index contributed by atoms with van der Waals surface area (Å²) in [6, 6.07) is 0.504. The molecular formula is C11H26Cl2N4O2. The van der Waals surface area contributed by atoms with Gasteiger partial charge in [0.2, 0.25) is 11.8 Å². The van der Waals surface area contributed by atoms with Crippen LogP contribution in [0.2, 0.25) is 0 Å². The second kappa shape index (κ2) is 13.9. The maximum absolute atomic E-state index is 11.3. The van der Waals surface area contributed by atoms with Gasteiger partial charge in [-0.3, -0.25) is 9.59 Å². The minimum Gasteiger partial charge on any atom is -0.353 e. The summed E-state index contributed by atoms with van der Waals surface area (Å²) in [4.78, 5) is 24.3. The minimum absolute atomic E-state index is 0. The number of carbonyl (C=O) groups is 2. The summed E-state index contributed by atoms with van der Waals surface area (Å²) < 4.78 is 0. The first-order valence-corrected chi connectivity index (χ1v) is 5.95. The fraction of sp³-hybridized carbons (Fsp3) is 0.818. The molecule has 0 aromatic carbocycles. The average molecular weight is 317 g/mol. The van der Waals surface area contributed by atoms with Crippen molar-refractivity contribution in [2.75, 3.05) is 33.2 Å². The van der Waals surface area contributed by atoms with Crippen LogP contribution in [0.25, 0.3) is 0 Å². The molecule has 0 heterocycles. The summed E-state index contributed by atoms with van der Waals surface area (Å²) in [6.07, 6.45) is 1.08. The average Bonchev–Trinajstić information content (AvgIpc) is 2.34. The predicted octanol–water partition coefficient (Wildman–Crippen LogP) is -0.249. The van der Waals surface area contributed by atoms with Gasteiger partial charge in [0.1, 0.15) is 0 Å². The van der Waals surface area contributed by atoms with Crippen molar-refractivity contribution in [1.82, 2.24) is 15.5 Å². The molecule has 0 saturated heterocycles. The van der Waals surface area contributed by atoms with Gasteiger partial charge in [0.05, 0.1) is 13.1 Å². The van der Waals surface area contributed by atoms with Crippen LogP contribution >= 0.6 is 24.8 Å². The number of rotatable bonds is 8. The second-order valence-corrected chi connectivity index (χ2v) is 4.07. The summed E-state index contributed by atoms with van der Waals surface area (Å²) in [5.74, 6) is -0.513. The lowest BCUT2D eigenvalue weighted by molar-refractivity contribution is -0.125. The van der Waals surface area contributed by atoms with E-state index in [-0.39, 0.29) is 49.7 Å². The number of nitrogens with two attached hydrogens (primary N) is 1. The third kappa shape index (κ3) is 12.2. The standard InChI is InChI=1S/C11H24N4O2.2ClH/c1-4-9(2)15(3)6-5-13-11(17)8-14-10(16)7-12;;/h9H,4-8,12H2,1-3H3,(H,13,17)(H,14,16);2*1H. The van der Waals surface area contributed by atoms with E-state index < -0.39 is 0 Å². The van der Waals surface area contributed by atoms with Gasteiger partial charge in [-0.15, -0.1) is 24.8 Å². The molecule has 2 amide bonds. The summed E-state index contributed by atoms with van der Waals surface area (Å²) in [5, 5.41) is 5.15. The van der Waals surface area contributed by atoms with Crippen LogP contribution in [-0.2, 0) is 9.59 Å². The lowest BCUT2D eigenvalue weighted by atomic mass is 10.2. The van der Waals surface area contributed by atoms with Crippen LogP contribution in [0.3, 0.4) is 0 Å². The second-order valence-electron chi connectivity index (χ2n) is 4.07. The van der Waals surface area contributed by atoms with Crippen molar-refractivity contribution in [3.8, 4) is 0 Å². The van der Waals surface area contributed by atoms with E-state index in [2.05, 4.69) is 29.4 Å². The predicted molar refractivity (Wildman–Crippen MR) is 82.0 cm³/mol. The van der Waals surface area contributed by atoms with Gasteiger partial charge in [0, 0.05) is 19.1 Å². The van der Waals surface area contributed by atoms with Crippen molar-refractivity contribution in [2.45, 2.75) is 26.3 Å². The fourth-order valence-corrected chi connectivity index (χ4v) is 1.22. The van der Waals surface area contributed by atoms with E-state index in [9.17, 15) is 9.59 Å². The van der Waals surface area contributed by atoms with Crippen LogP contribution in [0.1, 0.15) is 20.3 Å². The number of hydrogen-bond donors (Lipinski definition) is 3. The lowest BCUT2D eigenvalue weighted by Gasteiger charge is -2.23. The van der Waals surface area contributed by atoms with Crippen molar-refractivity contribution < 1.29 is 9.59 Å².